The summed E-state index contributed by atoms with van der Waals surface area (Å²) in [6.07, 6.45) is 19.2. The predicted molar refractivity (Wildman–Crippen MR) is 133 cm³/mol. The maximum Gasteiger partial charge on any atom is 0.0543 e. The van der Waals surface area contributed by atoms with Crippen LogP contribution in [0.3, 0.4) is 0 Å². The fourth-order valence-corrected chi connectivity index (χ4v) is 9.20. The second-order valence-electron chi connectivity index (χ2n) is 12.6. The Kier molecular flexibility index (Phi) is 6.85. The molecule has 0 radical (unpaired) electrons. The largest absolute Gasteiger partial charge is 0.393 e. The zero-order chi connectivity index (χ0) is 22.4. The van der Waals surface area contributed by atoms with E-state index in [1.165, 1.54) is 57.8 Å². The summed E-state index contributed by atoms with van der Waals surface area (Å²) < 4.78 is 0. The van der Waals surface area contributed by atoms with Gasteiger partial charge in [0.25, 0.3) is 0 Å². The van der Waals surface area contributed by atoms with Crippen molar-refractivity contribution in [2.24, 2.45) is 46.3 Å². The van der Waals surface area contributed by atoms with E-state index in [2.05, 4.69) is 53.7 Å². The number of aliphatic hydroxyl groups excluding tert-OH is 1. The van der Waals surface area contributed by atoms with Crippen LogP contribution in [-0.2, 0) is 0 Å². The molecular weight excluding hydrogens is 376 g/mol. The van der Waals surface area contributed by atoms with Gasteiger partial charge < -0.3 is 5.11 Å². The highest BCUT2D eigenvalue weighted by atomic mass is 16.3. The van der Waals surface area contributed by atoms with E-state index < -0.39 is 0 Å². The molecule has 0 unspecified atom stereocenters. The van der Waals surface area contributed by atoms with Gasteiger partial charge in [0.1, 0.15) is 0 Å². The lowest BCUT2D eigenvalue weighted by atomic mass is 9.47. The third kappa shape index (κ3) is 4.00. The number of fused-ring (bicyclic) bond motifs is 5. The number of hydrogen-bond donors (Lipinski definition) is 1. The first kappa shape index (κ1) is 23.6. The Labute approximate surface area is 193 Å². The molecule has 0 saturated heterocycles. The van der Waals surface area contributed by atoms with Gasteiger partial charge in [-0.1, -0.05) is 57.9 Å². The lowest BCUT2D eigenvalue weighted by molar-refractivity contribution is -0.0428. The fraction of sp³-hybridized carbons (Fsp3) is 0.867. The highest BCUT2D eigenvalue weighted by Crippen LogP contribution is 2.67. The zero-order valence-electron chi connectivity index (χ0n) is 21.4. The van der Waals surface area contributed by atoms with Gasteiger partial charge in [-0.15, -0.1) is 0 Å². The fourth-order valence-electron chi connectivity index (χ4n) is 9.20. The number of aliphatic hydroxyl groups is 1. The van der Waals surface area contributed by atoms with Gasteiger partial charge in [0, 0.05) is 0 Å². The molecule has 1 nitrogen and oxygen atoms in total. The van der Waals surface area contributed by atoms with Gasteiger partial charge >= 0.3 is 0 Å². The molecule has 3 fully saturated rings. The van der Waals surface area contributed by atoms with Crippen LogP contribution in [0.1, 0.15) is 112 Å². The summed E-state index contributed by atoms with van der Waals surface area (Å²) in [5, 5.41) is 10.3. The molecule has 1 N–H and O–H groups in total. The van der Waals surface area contributed by atoms with Crippen LogP contribution < -0.4 is 0 Å². The van der Waals surface area contributed by atoms with E-state index in [4.69, 9.17) is 0 Å². The molecule has 9 atom stereocenters. The zero-order valence-corrected chi connectivity index (χ0v) is 21.4. The van der Waals surface area contributed by atoms with E-state index in [0.717, 1.165) is 42.4 Å². The molecule has 0 aromatic carbocycles. The minimum Gasteiger partial charge on any atom is -0.393 e. The van der Waals surface area contributed by atoms with E-state index in [-0.39, 0.29) is 6.10 Å². The molecule has 3 saturated carbocycles. The lowest BCUT2D eigenvalue weighted by Crippen LogP contribution is -2.49. The molecule has 176 valence electrons. The van der Waals surface area contributed by atoms with Crippen LogP contribution >= 0.6 is 0 Å². The molecule has 4 rings (SSSR count). The highest BCUT2D eigenvalue weighted by Gasteiger charge is 2.58. The number of hydrogen-bond acceptors (Lipinski definition) is 1. The van der Waals surface area contributed by atoms with Crippen molar-refractivity contribution in [3.8, 4) is 0 Å². The monoisotopic (exact) mass is 426 g/mol. The van der Waals surface area contributed by atoms with Crippen LogP contribution in [0.4, 0.5) is 0 Å². The summed E-state index contributed by atoms with van der Waals surface area (Å²) in [6, 6.07) is 0. The topological polar surface area (TPSA) is 20.2 Å². The van der Waals surface area contributed by atoms with Gasteiger partial charge in [-0.2, -0.15) is 0 Å². The van der Waals surface area contributed by atoms with Gasteiger partial charge in [0.15, 0.2) is 0 Å². The summed E-state index contributed by atoms with van der Waals surface area (Å²) in [5.74, 6) is 4.85. The normalized spacial score (nSPS) is 44.7. The predicted octanol–water partition coefficient (Wildman–Crippen LogP) is 8.34. The van der Waals surface area contributed by atoms with Crippen molar-refractivity contribution in [2.45, 2.75) is 118 Å². The summed E-state index contributed by atoms with van der Waals surface area (Å²) in [4.78, 5) is 0. The van der Waals surface area contributed by atoms with Gasteiger partial charge in [0.05, 0.1) is 6.10 Å². The number of allylic oxidation sites excluding steroid dienone is 4. The molecule has 4 aliphatic rings. The molecule has 31 heavy (non-hydrogen) atoms. The average molecular weight is 427 g/mol. The molecule has 1 heteroatoms. The van der Waals surface area contributed by atoms with Gasteiger partial charge in [-0.3, -0.25) is 0 Å². The maximum atomic E-state index is 10.3. The average Bonchev–Trinajstić information content (AvgIpc) is 3.10. The van der Waals surface area contributed by atoms with Crippen LogP contribution in [0.25, 0.3) is 0 Å². The van der Waals surface area contributed by atoms with Crippen molar-refractivity contribution >= 4 is 0 Å². The van der Waals surface area contributed by atoms with E-state index in [9.17, 15) is 5.11 Å². The quantitative estimate of drug-likeness (QED) is 0.423. The van der Waals surface area contributed by atoms with Crippen LogP contribution in [0.2, 0.25) is 0 Å². The second-order valence-corrected chi connectivity index (χ2v) is 12.6. The first-order valence-electron chi connectivity index (χ1n) is 13.8. The van der Waals surface area contributed by atoms with Crippen molar-refractivity contribution in [1.29, 1.82) is 0 Å². The lowest BCUT2D eigenvalue weighted by Gasteiger charge is -2.57. The van der Waals surface area contributed by atoms with Crippen LogP contribution in [0.15, 0.2) is 23.3 Å². The molecule has 0 heterocycles. The first-order valence-corrected chi connectivity index (χ1v) is 13.8. The Morgan fingerprint density at radius 2 is 1.77 bits per heavy atom. The minimum atomic E-state index is -0.0447. The van der Waals surface area contributed by atoms with Crippen molar-refractivity contribution in [3.05, 3.63) is 23.3 Å². The van der Waals surface area contributed by atoms with Gasteiger partial charge in [-0.05, 0) is 124 Å². The van der Waals surface area contributed by atoms with E-state index >= 15 is 0 Å². The molecular formula is C30H50O. The Morgan fingerprint density at radius 3 is 2.48 bits per heavy atom. The third-order valence-corrected chi connectivity index (χ3v) is 11.3. The standard InChI is InChI=1S/C30H50O/c1-7-22(8-2)20(3)9-10-21(4)26-13-14-27-25-12-11-23-19-24(31)15-17-29(23,5)28(25)16-18-30(26,27)6/h7,12,20-21,23-24,26-28,31H,8-11,13-19H2,1-6H3/b22-7+/t20-,21-,23+,24+,26-,27+,28+,29+,30-/m1/s1. The second kappa shape index (κ2) is 9.00. The smallest absolute Gasteiger partial charge is 0.0543 e. The van der Waals surface area contributed by atoms with Gasteiger partial charge in [0.2, 0.25) is 0 Å². The van der Waals surface area contributed by atoms with E-state index in [0.29, 0.717) is 16.7 Å². The SMILES string of the molecule is C/C=C(\CC)[C@H](C)CC[C@@H](C)[C@H]1CC[C@H]2C3=CC[C@H]4C[C@@H](O)CC[C@]4(C)[C@H]3CC[C@]12C. The molecule has 0 aromatic rings. The third-order valence-electron chi connectivity index (χ3n) is 11.3. The van der Waals surface area contributed by atoms with Crippen LogP contribution in [0, 0.1) is 46.3 Å². The van der Waals surface area contributed by atoms with Crippen LogP contribution in [0.5, 0.6) is 0 Å². The Hall–Kier alpha value is -0.560. The van der Waals surface area contributed by atoms with E-state index in [1.54, 1.807) is 5.57 Å². The summed E-state index contributed by atoms with van der Waals surface area (Å²) >= 11 is 0. The van der Waals surface area contributed by atoms with Crippen molar-refractivity contribution in [1.82, 2.24) is 0 Å². The number of rotatable bonds is 6. The van der Waals surface area contributed by atoms with E-state index in [1.807, 2.05) is 5.57 Å². The van der Waals surface area contributed by atoms with Crippen molar-refractivity contribution < 1.29 is 5.11 Å². The highest BCUT2D eigenvalue weighted by molar-refractivity contribution is 5.27. The van der Waals surface area contributed by atoms with Crippen LogP contribution in [-0.4, -0.2) is 11.2 Å². The molecule has 4 aliphatic carbocycles. The first-order chi connectivity index (χ1) is 14.7. The molecule has 0 aliphatic heterocycles. The Balaban J connectivity index is 1.47. The summed E-state index contributed by atoms with van der Waals surface area (Å²) in [7, 11) is 0. The van der Waals surface area contributed by atoms with Crippen molar-refractivity contribution in [3.63, 3.8) is 0 Å². The molecule has 0 amide bonds. The maximum absolute atomic E-state index is 10.3. The Bertz CT molecular complexity index is 703. The molecule has 0 bridgehead atoms. The summed E-state index contributed by atoms with van der Waals surface area (Å²) in [5.41, 5.74) is 4.49. The molecule has 0 aromatic heterocycles. The Morgan fingerprint density at radius 1 is 1.06 bits per heavy atom. The van der Waals surface area contributed by atoms with Gasteiger partial charge in [-0.25, -0.2) is 0 Å². The van der Waals surface area contributed by atoms with Crippen molar-refractivity contribution in [2.75, 3.05) is 0 Å². The minimum absolute atomic E-state index is 0.0447. The molecule has 0 spiro atoms. The summed E-state index contributed by atoms with van der Waals surface area (Å²) in [6.45, 7) is 14.8.